The normalized spacial score (nSPS) is 14.8. The van der Waals surface area contributed by atoms with Crippen molar-refractivity contribution in [1.82, 2.24) is 24.6 Å². The minimum atomic E-state index is -0.334. The lowest BCUT2D eigenvalue weighted by atomic mass is 10.2. The molecule has 0 unspecified atom stereocenters. The van der Waals surface area contributed by atoms with E-state index in [-0.39, 0.29) is 16.9 Å². The number of nitrogens with zero attached hydrogens (tertiary/aromatic N) is 4. The highest BCUT2D eigenvalue weighted by Crippen LogP contribution is 2.30. The minimum absolute atomic E-state index is 0.172. The number of aromatic nitrogens is 3. The van der Waals surface area contributed by atoms with E-state index in [0.717, 1.165) is 29.9 Å². The molecule has 9 heteroatoms. The maximum absolute atomic E-state index is 13.3. The number of nitrogens with one attached hydrogen (secondary N) is 1. The van der Waals surface area contributed by atoms with E-state index in [1.807, 2.05) is 34.9 Å². The third-order valence-electron chi connectivity index (χ3n) is 5.48. The average molecular weight is 440 g/mol. The zero-order valence-electron chi connectivity index (χ0n) is 16.6. The van der Waals surface area contributed by atoms with Gasteiger partial charge in [0.05, 0.1) is 15.6 Å². The lowest BCUT2D eigenvalue weighted by Gasteiger charge is -2.15. The van der Waals surface area contributed by atoms with E-state index in [2.05, 4.69) is 20.2 Å². The van der Waals surface area contributed by atoms with E-state index in [9.17, 15) is 9.59 Å². The second-order valence-electron chi connectivity index (χ2n) is 7.31. The van der Waals surface area contributed by atoms with Crippen LogP contribution in [0.2, 0.25) is 0 Å². The fourth-order valence-electron chi connectivity index (χ4n) is 4.00. The van der Waals surface area contributed by atoms with Gasteiger partial charge in [0.25, 0.3) is 5.91 Å². The molecule has 1 amide bonds. The van der Waals surface area contributed by atoms with E-state index in [4.69, 9.17) is 0 Å². The van der Waals surface area contributed by atoms with Crippen molar-refractivity contribution < 1.29 is 4.79 Å². The molecule has 1 fully saturated rings. The highest BCUT2D eigenvalue weighted by molar-refractivity contribution is 7.98. The zero-order chi connectivity index (χ0) is 20.7. The van der Waals surface area contributed by atoms with Gasteiger partial charge in [0, 0.05) is 19.3 Å². The number of thioether (sulfide) groups is 1. The van der Waals surface area contributed by atoms with E-state index >= 15 is 0 Å². The van der Waals surface area contributed by atoms with Crippen LogP contribution < -0.4 is 10.7 Å². The Balaban J connectivity index is 1.65. The predicted octanol–water partition coefficient (Wildman–Crippen LogP) is 3.00. The number of carbonyl (C=O) groups excluding carboxylic acids is 1. The molecular formula is C21H21N5O2S2. The number of para-hydroxylation sites is 1. The number of rotatable bonds is 5. The molecule has 1 N–H and O–H groups in total. The molecule has 7 nitrogen and oxygen atoms in total. The molecule has 1 saturated heterocycles. The van der Waals surface area contributed by atoms with Crippen LogP contribution in [-0.4, -0.2) is 57.6 Å². The highest BCUT2D eigenvalue weighted by Gasteiger charge is 2.23. The predicted molar refractivity (Wildman–Crippen MR) is 122 cm³/mol. The maximum Gasteiger partial charge on any atom is 0.258 e. The molecule has 4 aromatic rings. The molecule has 0 saturated carbocycles. The summed E-state index contributed by atoms with van der Waals surface area (Å²) < 4.78 is 2.92. The van der Waals surface area contributed by atoms with Crippen LogP contribution in [0, 0.1) is 0 Å². The van der Waals surface area contributed by atoms with Gasteiger partial charge in [-0.3, -0.25) is 14.0 Å². The van der Waals surface area contributed by atoms with Gasteiger partial charge in [0.2, 0.25) is 5.43 Å². The molecule has 0 atom stereocenters. The second-order valence-corrected chi connectivity index (χ2v) is 9.12. The standard InChI is InChI=1S/C21H21N5O2S2/c1-29-21-23-12-13-17(27)16(19(28)22-8-11-25-9-4-5-10-25)20-26(18(13)24-21)14-6-2-3-7-15(14)30-20/h2-3,6-7,12H,4-5,8-11H2,1H3,(H,22,28). The quantitative estimate of drug-likeness (QED) is 0.380. The molecule has 3 aromatic heterocycles. The summed E-state index contributed by atoms with van der Waals surface area (Å²) in [6, 6.07) is 7.88. The minimum Gasteiger partial charge on any atom is -0.351 e. The van der Waals surface area contributed by atoms with Crippen molar-refractivity contribution in [2.75, 3.05) is 32.4 Å². The molecule has 154 valence electrons. The first-order valence-corrected chi connectivity index (χ1v) is 12.0. The summed E-state index contributed by atoms with van der Waals surface area (Å²) in [7, 11) is 0. The largest absolute Gasteiger partial charge is 0.351 e. The third-order valence-corrected chi connectivity index (χ3v) is 7.19. The first-order valence-electron chi connectivity index (χ1n) is 9.95. The van der Waals surface area contributed by atoms with Crippen molar-refractivity contribution in [2.24, 2.45) is 0 Å². The highest BCUT2D eigenvalue weighted by atomic mass is 32.2. The van der Waals surface area contributed by atoms with Gasteiger partial charge in [-0.1, -0.05) is 23.9 Å². The summed E-state index contributed by atoms with van der Waals surface area (Å²) in [5.74, 6) is -0.334. The van der Waals surface area contributed by atoms with Gasteiger partial charge in [-0.15, -0.1) is 11.3 Å². The van der Waals surface area contributed by atoms with Crippen LogP contribution in [0.4, 0.5) is 0 Å². The van der Waals surface area contributed by atoms with E-state index in [0.29, 0.717) is 27.6 Å². The fraction of sp³-hybridized carbons (Fsp3) is 0.333. The van der Waals surface area contributed by atoms with Gasteiger partial charge in [-0.2, -0.15) is 0 Å². The molecule has 5 rings (SSSR count). The van der Waals surface area contributed by atoms with Crippen LogP contribution in [-0.2, 0) is 0 Å². The third kappa shape index (κ3) is 3.27. The number of carbonyl (C=O) groups is 1. The maximum atomic E-state index is 13.3. The van der Waals surface area contributed by atoms with Crippen molar-refractivity contribution in [3.63, 3.8) is 0 Å². The van der Waals surface area contributed by atoms with Gasteiger partial charge in [0.15, 0.2) is 10.8 Å². The second kappa shape index (κ2) is 7.98. The van der Waals surface area contributed by atoms with Crippen molar-refractivity contribution in [3.8, 4) is 0 Å². The number of fused-ring (bicyclic) bond motifs is 5. The van der Waals surface area contributed by atoms with Crippen molar-refractivity contribution in [1.29, 1.82) is 0 Å². The Morgan fingerprint density at radius 3 is 2.87 bits per heavy atom. The topological polar surface area (TPSA) is 79.6 Å². The molecule has 1 aromatic carbocycles. The fourth-order valence-corrected chi connectivity index (χ4v) is 5.52. The number of hydrogen-bond donors (Lipinski definition) is 1. The Hall–Kier alpha value is -2.49. The summed E-state index contributed by atoms with van der Waals surface area (Å²) in [5, 5.41) is 3.91. The van der Waals surface area contributed by atoms with Crippen molar-refractivity contribution >= 4 is 55.1 Å². The Bertz CT molecular complexity index is 1320. The van der Waals surface area contributed by atoms with E-state index < -0.39 is 0 Å². The summed E-state index contributed by atoms with van der Waals surface area (Å²) in [6.07, 6.45) is 5.85. The molecule has 0 bridgehead atoms. The van der Waals surface area contributed by atoms with Crippen LogP contribution in [0.25, 0.3) is 26.1 Å². The molecule has 4 heterocycles. The number of pyridine rings is 1. The van der Waals surface area contributed by atoms with E-state index in [1.165, 1.54) is 42.1 Å². The monoisotopic (exact) mass is 439 g/mol. The van der Waals surface area contributed by atoms with Gasteiger partial charge >= 0.3 is 0 Å². The smallest absolute Gasteiger partial charge is 0.258 e. The molecular weight excluding hydrogens is 418 g/mol. The number of likely N-dealkylation sites (tertiary alicyclic amines) is 1. The number of thiazole rings is 1. The SMILES string of the molecule is CSc1ncc2c(=O)c(C(=O)NCCN3CCCC3)c3sc4ccccc4n3c2n1. The lowest BCUT2D eigenvalue weighted by Crippen LogP contribution is -2.35. The summed E-state index contributed by atoms with van der Waals surface area (Å²) in [6.45, 7) is 3.47. The Morgan fingerprint density at radius 1 is 1.27 bits per heavy atom. The molecule has 0 radical (unpaired) electrons. The Kier molecular flexibility index (Phi) is 5.18. The first-order chi connectivity index (χ1) is 14.7. The van der Waals surface area contributed by atoms with Crippen molar-refractivity contribution in [3.05, 3.63) is 46.2 Å². The molecule has 1 aliphatic rings. The van der Waals surface area contributed by atoms with Gasteiger partial charge in [0.1, 0.15) is 10.4 Å². The number of hydrogen-bond acceptors (Lipinski definition) is 7. The van der Waals surface area contributed by atoms with Crippen molar-refractivity contribution in [2.45, 2.75) is 18.0 Å². The molecule has 1 aliphatic heterocycles. The first kappa shape index (κ1) is 19.5. The molecule has 0 aliphatic carbocycles. The summed E-state index contributed by atoms with van der Waals surface area (Å²) in [4.78, 5) is 38.3. The Morgan fingerprint density at radius 2 is 2.07 bits per heavy atom. The van der Waals surface area contributed by atoms with Crippen LogP contribution in [0.5, 0.6) is 0 Å². The van der Waals surface area contributed by atoms with E-state index in [1.54, 1.807) is 0 Å². The summed E-state index contributed by atoms with van der Waals surface area (Å²) >= 11 is 2.86. The summed E-state index contributed by atoms with van der Waals surface area (Å²) in [5.41, 5.74) is 1.33. The van der Waals surface area contributed by atoms with Gasteiger partial charge in [-0.25, -0.2) is 9.97 Å². The van der Waals surface area contributed by atoms with Gasteiger partial charge in [-0.05, 0) is 44.3 Å². The average Bonchev–Trinajstić information content (AvgIpc) is 3.41. The van der Waals surface area contributed by atoms with Gasteiger partial charge < -0.3 is 10.2 Å². The number of amides is 1. The molecule has 30 heavy (non-hydrogen) atoms. The van der Waals surface area contributed by atoms with Crippen LogP contribution in [0.1, 0.15) is 23.2 Å². The lowest BCUT2D eigenvalue weighted by molar-refractivity contribution is 0.0950. The Labute approximate surface area is 181 Å². The van der Waals surface area contributed by atoms with Crippen LogP contribution in [0.15, 0.2) is 40.4 Å². The van der Waals surface area contributed by atoms with Crippen LogP contribution >= 0.6 is 23.1 Å². The zero-order valence-corrected chi connectivity index (χ0v) is 18.2. The number of benzene rings is 1. The van der Waals surface area contributed by atoms with Crippen LogP contribution in [0.3, 0.4) is 0 Å². The molecule has 0 spiro atoms.